The smallest absolute Gasteiger partial charge is 0.407 e. The summed E-state index contributed by atoms with van der Waals surface area (Å²) >= 11 is 12.4. The fourth-order valence-electron chi connectivity index (χ4n) is 4.48. The summed E-state index contributed by atoms with van der Waals surface area (Å²) in [4.78, 5) is 32.2. The van der Waals surface area contributed by atoms with Crippen molar-refractivity contribution in [3.8, 4) is 23.3 Å². The third-order valence-electron chi connectivity index (χ3n) is 6.75. The Labute approximate surface area is 258 Å². The van der Waals surface area contributed by atoms with E-state index in [1.54, 1.807) is 55.7 Å². The molecular weight excluding hydrogens is 595 g/mol. The number of carbonyl (C=O) groups excluding carboxylic acids is 1. The van der Waals surface area contributed by atoms with Crippen LogP contribution in [0.25, 0.3) is 11.0 Å². The second kappa shape index (κ2) is 12.8. The number of benzene rings is 2. The van der Waals surface area contributed by atoms with Gasteiger partial charge in [0.25, 0.3) is 0 Å². The first-order valence-electron chi connectivity index (χ1n) is 13.1. The number of ether oxygens (including phenoxy) is 2. The SMILES string of the molecule is CN(CC(N(C)C(=O)O)C(C)(C)C)C(=O)n1nc(COc2ccc(Cl)c(Oc3cc(Cl)cc(C#N)c3)c2)c2cccnc21. The fraction of sp³-hybridized carbons (Fsp3) is 0.300. The lowest BCUT2D eigenvalue weighted by Gasteiger charge is -2.38. The Kier molecular flexibility index (Phi) is 9.33. The van der Waals surface area contributed by atoms with E-state index >= 15 is 0 Å². The van der Waals surface area contributed by atoms with Crippen LogP contribution in [0.15, 0.2) is 54.7 Å². The minimum atomic E-state index is -1.08. The van der Waals surface area contributed by atoms with Crippen molar-refractivity contribution in [1.82, 2.24) is 24.6 Å². The molecule has 1 atom stereocenters. The number of carboxylic acid groups (broad SMARTS) is 1. The number of carbonyl (C=O) groups is 2. The van der Waals surface area contributed by atoms with Gasteiger partial charge in [-0.3, -0.25) is 0 Å². The lowest BCUT2D eigenvalue weighted by atomic mass is 9.85. The first kappa shape index (κ1) is 31.4. The van der Waals surface area contributed by atoms with Gasteiger partial charge in [-0.05, 0) is 47.9 Å². The van der Waals surface area contributed by atoms with Crippen molar-refractivity contribution in [3.05, 3.63) is 76.0 Å². The fourth-order valence-corrected chi connectivity index (χ4v) is 4.86. The number of amides is 2. The van der Waals surface area contributed by atoms with Gasteiger partial charge in [0.1, 0.15) is 29.5 Å². The number of halogens is 2. The van der Waals surface area contributed by atoms with Crippen LogP contribution in [-0.4, -0.2) is 68.5 Å². The minimum Gasteiger partial charge on any atom is -0.487 e. The number of hydrogen-bond donors (Lipinski definition) is 1. The maximum atomic E-state index is 13.5. The van der Waals surface area contributed by atoms with Gasteiger partial charge in [-0.25, -0.2) is 14.6 Å². The van der Waals surface area contributed by atoms with Gasteiger partial charge in [-0.1, -0.05) is 44.0 Å². The maximum Gasteiger partial charge on any atom is 0.407 e. The molecule has 0 spiro atoms. The van der Waals surface area contributed by atoms with Crippen LogP contribution in [0.3, 0.4) is 0 Å². The van der Waals surface area contributed by atoms with Crippen molar-refractivity contribution in [2.45, 2.75) is 33.4 Å². The summed E-state index contributed by atoms with van der Waals surface area (Å²) in [6, 6.07) is 14.1. The zero-order valence-corrected chi connectivity index (χ0v) is 25.7. The van der Waals surface area contributed by atoms with Gasteiger partial charge in [0.05, 0.1) is 22.7 Å². The molecule has 2 aromatic carbocycles. The molecule has 0 radical (unpaired) electrons. The van der Waals surface area contributed by atoms with Crippen molar-refractivity contribution < 1.29 is 24.2 Å². The molecule has 2 aromatic heterocycles. The monoisotopic (exact) mass is 624 g/mol. The van der Waals surface area contributed by atoms with Crippen LogP contribution < -0.4 is 9.47 Å². The molecule has 224 valence electrons. The molecule has 0 saturated heterocycles. The predicted molar refractivity (Wildman–Crippen MR) is 162 cm³/mol. The van der Waals surface area contributed by atoms with Crippen molar-refractivity contribution in [2.75, 3.05) is 20.6 Å². The van der Waals surface area contributed by atoms with E-state index in [9.17, 15) is 20.0 Å². The summed E-state index contributed by atoms with van der Waals surface area (Å²) in [6.07, 6.45) is 0.479. The zero-order chi connectivity index (χ0) is 31.5. The predicted octanol–water partition coefficient (Wildman–Crippen LogP) is 6.91. The molecule has 0 aliphatic rings. The Bertz CT molecular complexity index is 1710. The van der Waals surface area contributed by atoms with Gasteiger partial charge in [-0.15, -0.1) is 0 Å². The highest BCUT2D eigenvalue weighted by Crippen LogP contribution is 2.35. The molecule has 0 aliphatic heterocycles. The van der Waals surface area contributed by atoms with Gasteiger partial charge in [0, 0.05) is 43.3 Å². The number of fused-ring (bicyclic) bond motifs is 1. The molecule has 2 amide bonds. The van der Waals surface area contributed by atoms with Gasteiger partial charge in [-0.2, -0.15) is 15.0 Å². The van der Waals surface area contributed by atoms with E-state index in [0.717, 1.165) is 0 Å². The number of nitriles is 1. The number of rotatable bonds is 8. The van der Waals surface area contributed by atoms with Crippen LogP contribution in [-0.2, 0) is 6.61 Å². The number of nitrogens with zero attached hydrogens (tertiary/aromatic N) is 6. The third-order valence-corrected chi connectivity index (χ3v) is 7.28. The Hall–Kier alpha value is -4.53. The highest BCUT2D eigenvalue weighted by molar-refractivity contribution is 6.32. The lowest BCUT2D eigenvalue weighted by molar-refractivity contribution is 0.0834. The number of aromatic nitrogens is 3. The van der Waals surface area contributed by atoms with Crippen molar-refractivity contribution in [3.63, 3.8) is 0 Å². The molecule has 0 fully saturated rings. The van der Waals surface area contributed by atoms with Crippen LogP contribution in [0.2, 0.25) is 10.0 Å². The Morgan fingerprint density at radius 2 is 1.86 bits per heavy atom. The van der Waals surface area contributed by atoms with Crippen LogP contribution >= 0.6 is 23.2 Å². The van der Waals surface area contributed by atoms with Crippen LogP contribution in [0.5, 0.6) is 17.2 Å². The van der Waals surface area contributed by atoms with E-state index in [-0.39, 0.29) is 13.2 Å². The summed E-state index contributed by atoms with van der Waals surface area (Å²) in [7, 11) is 3.08. The molecule has 1 unspecified atom stereocenters. The lowest BCUT2D eigenvalue weighted by Crippen LogP contribution is -2.52. The zero-order valence-electron chi connectivity index (χ0n) is 24.2. The van der Waals surface area contributed by atoms with E-state index < -0.39 is 23.6 Å². The Balaban J connectivity index is 1.56. The summed E-state index contributed by atoms with van der Waals surface area (Å²) in [6.45, 7) is 5.89. The molecule has 11 nitrogen and oxygen atoms in total. The second-order valence-corrected chi connectivity index (χ2v) is 11.8. The molecular formula is C30H30Cl2N6O5. The normalized spacial score (nSPS) is 12.0. The molecule has 4 aromatic rings. The third kappa shape index (κ3) is 7.28. The average Bonchev–Trinajstić information content (AvgIpc) is 3.33. The molecule has 0 bridgehead atoms. The van der Waals surface area contributed by atoms with E-state index in [4.69, 9.17) is 32.7 Å². The molecule has 13 heteroatoms. The highest BCUT2D eigenvalue weighted by atomic mass is 35.5. The molecule has 4 rings (SSSR count). The van der Waals surface area contributed by atoms with Crippen molar-refractivity contribution in [2.24, 2.45) is 5.41 Å². The van der Waals surface area contributed by atoms with E-state index in [1.807, 2.05) is 26.8 Å². The average molecular weight is 626 g/mol. The quantitative estimate of drug-likeness (QED) is 0.223. The highest BCUT2D eigenvalue weighted by Gasteiger charge is 2.34. The van der Waals surface area contributed by atoms with Gasteiger partial charge >= 0.3 is 12.1 Å². The minimum absolute atomic E-state index is 0.00459. The largest absolute Gasteiger partial charge is 0.487 e. The van der Waals surface area contributed by atoms with Crippen LogP contribution in [0.4, 0.5) is 9.59 Å². The number of pyridine rings is 1. The van der Waals surface area contributed by atoms with E-state index in [2.05, 4.69) is 10.1 Å². The van der Waals surface area contributed by atoms with Crippen LogP contribution in [0, 0.1) is 16.7 Å². The van der Waals surface area contributed by atoms with Gasteiger partial charge in [0.15, 0.2) is 5.65 Å². The van der Waals surface area contributed by atoms with Gasteiger partial charge < -0.3 is 24.4 Å². The standard InChI is InChI=1S/C30H30Cl2N6O5/c1-30(2,3)26(37(5)29(40)41)16-36(4)28(39)38-27-22(7-6-10-34-27)24(35-38)17-42-20-8-9-23(32)25(14-20)43-21-12-18(15-33)11-19(31)13-21/h6-14,26H,16-17H2,1-5H3,(H,40,41). The van der Waals surface area contributed by atoms with E-state index in [0.29, 0.717) is 49.6 Å². The first-order valence-corrected chi connectivity index (χ1v) is 13.9. The summed E-state index contributed by atoms with van der Waals surface area (Å²) in [5.41, 5.74) is 0.707. The second-order valence-electron chi connectivity index (χ2n) is 10.9. The summed E-state index contributed by atoms with van der Waals surface area (Å²) < 4.78 is 13.1. The van der Waals surface area contributed by atoms with E-state index in [1.165, 1.54) is 27.6 Å². The maximum absolute atomic E-state index is 13.5. The van der Waals surface area contributed by atoms with Crippen molar-refractivity contribution in [1.29, 1.82) is 5.26 Å². The van der Waals surface area contributed by atoms with Crippen molar-refractivity contribution >= 4 is 46.4 Å². The molecule has 1 N–H and O–H groups in total. The summed E-state index contributed by atoms with van der Waals surface area (Å²) in [5.74, 6) is 1.05. The van der Waals surface area contributed by atoms with Crippen LogP contribution in [0.1, 0.15) is 32.0 Å². The molecule has 0 aliphatic carbocycles. The number of likely N-dealkylation sites (N-methyl/N-ethyl adjacent to an activating group) is 2. The summed E-state index contributed by atoms with van der Waals surface area (Å²) in [5, 5.41) is 24.6. The first-order chi connectivity index (χ1) is 20.3. The molecule has 2 heterocycles. The Morgan fingerprint density at radius 3 is 2.53 bits per heavy atom. The topological polar surface area (TPSA) is 134 Å². The molecule has 43 heavy (non-hydrogen) atoms. The molecule has 0 saturated carbocycles. The van der Waals surface area contributed by atoms with Gasteiger partial charge in [0.2, 0.25) is 0 Å². The number of hydrogen-bond acceptors (Lipinski definition) is 7. The Morgan fingerprint density at radius 1 is 1.12 bits per heavy atom.